The van der Waals surface area contributed by atoms with Crippen LogP contribution in [0.1, 0.15) is 39.3 Å². The van der Waals surface area contributed by atoms with Crippen LogP contribution in [0.3, 0.4) is 0 Å². The Morgan fingerprint density at radius 1 is 1.08 bits per heavy atom. The minimum absolute atomic E-state index is 0.00389. The van der Waals surface area contributed by atoms with Crippen LogP contribution in [-0.2, 0) is 0 Å². The third kappa shape index (κ3) is 3.59. The second kappa shape index (κ2) is 6.75. The molecule has 0 spiro atoms. The van der Waals surface area contributed by atoms with Crippen LogP contribution in [0.2, 0.25) is 0 Å². The summed E-state index contributed by atoms with van der Waals surface area (Å²) >= 11 is 0. The van der Waals surface area contributed by atoms with Crippen LogP contribution in [-0.4, -0.2) is 50.1 Å². The van der Waals surface area contributed by atoms with Crippen molar-refractivity contribution in [2.45, 2.75) is 33.7 Å². The summed E-state index contributed by atoms with van der Waals surface area (Å²) in [5.74, 6) is 0.534. The lowest BCUT2D eigenvalue weighted by Crippen LogP contribution is -2.43. The number of carbonyl (C=O) groups is 1. The molecule has 0 saturated heterocycles. The van der Waals surface area contributed by atoms with Crippen LogP contribution in [0.5, 0.6) is 0 Å². The topological polar surface area (TPSA) is 35.6 Å². The number of benzene rings is 1. The van der Waals surface area contributed by atoms with Crippen LogP contribution in [0.25, 0.3) is 0 Å². The van der Waals surface area contributed by atoms with Gasteiger partial charge in [0.25, 0.3) is 0 Å². The van der Waals surface area contributed by atoms with Gasteiger partial charge in [-0.1, -0.05) is 58.0 Å². The zero-order chi connectivity index (χ0) is 18.1. The van der Waals surface area contributed by atoms with E-state index in [1.165, 1.54) is 0 Å². The van der Waals surface area contributed by atoms with Gasteiger partial charge in [0, 0.05) is 20.1 Å². The predicted molar refractivity (Wildman–Crippen MR) is 100.0 cm³/mol. The summed E-state index contributed by atoms with van der Waals surface area (Å²) < 4.78 is 0. The molecular weight excluding hydrogens is 298 g/mol. The summed E-state index contributed by atoms with van der Waals surface area (Å²) in [6, 6.07) is 10.3. The first kappa shape index (κ1) is 18.8. The Bertz CT molecular complexity index is 552. The zero-order valence-corrected chi connectivity index (χ0v) is 16.3. The van der Waals surface area contributed by atoms with Gasteiger partial charge in [-0.3, -0.25) is 0 Å². The molecule has 1 aliphatic carbocycles. The number of hydrogen-bond acceptors (Lipinski definition) is 2. The molecule has 134 valence electrons. The molecule has 0 bridgehead atoms. The normalized spacial score (nSPS) is 19.8. The van der Waals surface area contributed by atoms with Crippen LogP contribution in [0.4, 0.5) is 4.79 Å². The first-order valence-electron chi connectivity index (χ1n) is 8.79. The lowest BCUT2D eigenvalue weighted by Gasteiger charge is -2.31. The minimum atomic E-state index is 0.00389. The fraction of sp³-hybridized carbons (Fsp3) is 0.650. The molecule has 1 N–H and O–H groups in total. The maximum Gasteiger partial charge on any atom is 0.317 e. The van der Waals surface area contributed by atoms with Gasteiger partial charge in [-0.2, -0.15) is 0 Å². The van der Waals surface area contributed by atoms with Gasteiger partial charge >= 0.3 is 6.03 Å². The highest BCUT2D eigenvalue weighted by Crippen LogP contribution is 2.67. The summed E-state index contributed by atoms with van der Waals surface area (Å²) in [4.78, 5) is 16.6. The van der Waals surface area contributed by atoms with Crippen LogP contribution >= 0.6 is 0 Å². The predicted octanol–water partition coefficient (Wildman–Crippen LogP) is 3.61. The maximum atomic E-state index is 12.7. The van der Waals surface area contributed by atoms with Gasteiger partial charge in [0.05, 0.1) is 6.04 Å². The molecule has 0 aliphatic heterocycles. The molecule has 0 aromatic heterocycles. The maximum absolute atomic E-state index is 12.7. The summed E-state index contributed by atoms with van der Waals surface area (Å²) in [6.07, 6.45) is 0. The Morgan fingerprint density at radius 2 is 1.62 bits per heavy atom. The molecule has 2 rings (SSSR count). The van der Waals surface area contributed by atoms with Crippen LogP contribution < -0.4 is 5.32 Å². The van der Waals surface area contributed by atoms with Crippen molar-refractivity contribution < 1.29 is 4.79 Å². The van der Waals surface area contributed by atoms with Gasteiger partial charge in [0.2, 0.25) is 0 Å². The van der Waals surface area contributed by atoms with E-state index in [0.717, 1.165) is 18.7 Å². The lowest BCUT2D eigenvalue weighted by atomic mass is 10.0. The number of amides is 2. The number of carbonyl (C=O) groups excluding carboxylic acids is 1. The molecule has 1 fully saturated rings. The van der Waals surface area contributed by atoms with Gasteiger partial charge in [0.15, 0.2) is 0 Å². The van der Waals surface area contributed by atoms with E-state index in [4.69, 9.17) is 0 Å². The number of likely N-dealkylation sites (N-methyl/N-ethyl adjacent to an activating group) is 2. The average Bonchev–Trinajstić information content (AvgIpc) is 2.91. The van der Waals surface area contributed by atoms with Gasteiger partial charge in [-0.25, -0.2) is 4.79 Å². The molecule has 0 unspecified atom stereocenters. The number of urea groups is 1. The summed E-state index contributed by atoms with van der Waals surface area (Å²) in [5.41, 5.74) is 1.75. The summed E-state index contributed by atoms with van der Waals surface area (Å²) in [7, 11) is 5.97. The van der Waals surface area contributed by atoms with Crippen molar-refractivity contribution in [3.63, 3.8) is 0 Å². The highest BCUT2D eigenvalue weighted by molar-refractivity contribution is 5.74. The highest BCUT2D eigenvalue weighted by Gasteiger charge is 2.64. The molecular formula is C20H33N3O. The van der Waals surface area contributed by atoms with Crippen molar-refractivity contribution in [3.8, 4) is 0 Å². The van der Waals surface area contributed by atoms with E-state index in [9.17, 15) is 4.79 Å². The fourth-order valence-corrected chi connectivity index (χ4v) is 3.77. The second-order valence-electron chi connectivity index (χ2n) is 8.48. The highest BCUT2D eigenvalue weighted by atomic mass is 16.2. The summed E-state index contributed by atoms with van der Waals surface area (Å²) in [6.45, 7) is 10.7. The Hall–Kier alpha value is -1.55. The van der Waals surface area contributed by atoms with Gasteiger partial charge < -0.3 is 15.1 Å². The monoisotopic (exact) mass is 331 g/mol. The van der Waals surface area contributed by atoms with Crippen molar-refractivity contribution >= 4 is 6.03 Å². The molecule has 1 aromatic rings. The van der Waals surface area contributed by atoms with E-state index < -0.39 is 0 Å². The van der Waals surface area contributed by atoms with E-state index in [1.54, 1.807) is 0 Å². The molecule has 4 nitrogen and oxygen atoms in total. The van der Waals surface area contributed by atoms with E-state index in [1.807, 2.05) is 44.2 Å². The molecule has 1 aromatic carbocycles. The molecule has 4 heteroatoms. The molecule has 0 radical (unpaired) electrons. The van der Waals surface area contributed by atoms with E-state index in [2.05, 4.69) is 50.0 Å². The van der Waals surface area contributed by atoms with Crippen molar-refractivity contribution in [2.75, 3.05) is 34.2 Å². The Morgan fingerprint density at radius 3 is 2.08 bits per heavy atom. The largest absolute Gasteiger partial charge is 0.338 e. The number of nitrogens with zero attached hydrogens (tertiary/aromatic N) is 2. The number of nitrogens with one attached hydrogen (secondary N) is 1. The standard InChI is InChI=1S/C20H33N3O/c1-19(2)17(20(19,3)4)13-21-18(24)23(7)16(14-22(5)6)15-11-9-8-10-12-15/h8-12,16-17H,13-14H2,1-7H3,(H,21,24)/t16-/m0/s1. The lowest BCUT2D eigenvalue weighted by molar-refractivity contribution is 0.175. The fourth-order valence-electron chi connectivity index (χ4n) is 3.77. The minimum Gasteiger partial charge on any atom is -0.338 e. The second-order valence-corrected chi connectivity index (χ2v) is 8.48. The quantitative estimate of drug-likeness (QED) is 0.864. The smallest absolute Gasteiger partial charge is 0.317 e. The number of rotatable bonds is 6. The molecule has 1 aliphatic rings. The first-order valence-corrected chi connectivity index (χ1v) is 8.79. The van der Waals surface area contributed by atoms with E-state index in [0.29, 0.717) is 16.7 Å². The number of hydrogen-bond donors (Lipinski definition) is 1. The van der Waals surface area contributed by atoms with Crippen molar-refractivity contribution in [1.82, 2.24) is 15.1 Å². The molecule has 24 heavy (non-hydrogen) atoms. The van der Waals surface area contributed by atoms with Crippen molar-refractivity contribution in [2.24, 2.45) is 16.7 Å². The van der Waals surface area contributed by atoms with Crippen LogP contribution in [0.15, 0.2) is 30.3 Å². The van der Waals surface area contributed by atoms with Crippen molar-refractivity contribution in [3.05, 3.63) is 35.9 Å². The molecule has 1 atom stereocenters. The Balaban J connectivity index is 2.01. The SMILES string of the molecule is CN(C)C[C@@H](c1ccccc1)N(C)C(=O)NCC1C(C)(C)C1(C)C. The zero-order valence-electron chi connectivity index (χ0n) is 16.3. The van der Waals surface area contributed by atoms with E-state index >= 15 is 0 Å². The third-order valence-corrected chi connectivity index (χ3v) is 6.29. The Labute approximate surface area is 147 Å². The molecule has 0 heterocycles. The molecule has 1 saturated carbocycles. The van der Waals surface area contributed by atoms with Gasteiger partial charge in [-0.15, -0.1) is 0 Å². The first-order chi connectivity index (χ1) is 11.1. The average molecular weight is 332 g/mol. The Kier molecular flexibility index (Phi) is 5.28. The third-order valence-electron chi connectivity index (χ3n) is 6.29. The van der Waals surface area contributed by atoms with Gasteiger partial charge in [0.1, 0.15) is 0 Å². The van der Waals surface area contributed by atoms with E-state index in [-0.39, 0.29) is 12.1 Å². The van der Waals surface area contributed by atoms with Crippen LogP contribution in [0, 0.1) is 16.7 Å². The van der Waals surface area contributed by atoms with Gasteiger partial charge in [-0.05, 0) is 36.4 Å². The molecule has 2 amide bonds. The van der Waals surface area contributed by atoms with Crippen molar-refractivity contribution in [1.29, 1.82) is 0 Å². The summed E-state index contributed by atoms with van der Waals surface area (Å²) in [5, 5.41) is 3.15.